The molecule has 0 atom stereocenters. The van der Waals surface area contributed by atoms with Gasteiger partial charge >= 0.3 is 0 Å². The van der Waals surface area contributed by atoms with Crippen molar-refractivity contribution in [1.29, 1.82) is 0 Å². The number of fused-ring (bicyclic) bond motifs is 1. The van der Waals surface area contributed by atoms with Gasteiger partial charge in [0.2, 0.25) is 0 Å². The Kier molecular flexibility index (Phi) is 5.28. The van der Waals surface area contributed by atoms with Crippen LogP contribution in [0.5, 0.6) is 0 Å². The Morgan fingerprint density at radius 2 is 1.86 bits per heavy atom. The summed E-state index contributed by atoms with van der Waals surface area (Å²) in [5.41, 5.74) is 3.57. The maximum Gasteiger partial charge on any atom is 0.274 e. The zero-order valence-electron chi connectivity index (χ0n) is 16.1. The Morgan fingerprint density at radius 3 is 2.57 bits per heavy atom. The van der Waals surface area contributed by atoms with Crippen LogP contribution < -0.4 is 10.2 Å². The summed E-state index contributed by atoms with van der Waals surface area (Å²) in [6, 6.07) is 10.9. The predicted octanol–water partition coefficient (Wildman–Crippen LogP) is 4.67. The second kappa shape index (κ2) is 8.00. The number of rotatable bonds is 5. The molecule has 6 heteroatoms. The van der Waals surface area contributed by atoms with Gasteiger partial charge in [-0.3, -0.25) is 9.20 Å². The lowest BCUT2D eigenvalue weighted by molar-refractivity contribution is 0.102. The zero-order chi connectivity index (χ0) is 19.5. The minimum Gasteiger partial charge on any atom is -0.372 e. The van der Waals surface area contributed by atoms with Crippen molar-refractivity contribution in [3.8, 4) is 0 Å². The molecule has 1 fully saturated rings. The molecule has 0 aliphatic carbocycles. The van der Waals surface area contributed by atoms with Gasteiger partial charge in [0.05, 0.1) is 5.69 Å². The van der Waals surface area contributed by atoms with Crippen LogP contribution in [-0.2, 0) is 6.42 Å². The first kappa shape index (κ1) is 18.5. The van der Waals surface area contributed by atoms with Crippen molar-refractivity contribution in [1.82, 2.24) is 9.38 Å². The van der Waals surface area contributed by atoms with E-state index in [0.29, 0.717) is 23.5 Å². The van der Waals surface area contributed by atoms with Crippen LogP contribution in [0.3, 0.4) is 0 Å². The topological polar surface area (TPSA) is 49.6 Å². The number of carbonyl (C=O) groups excluding carboxylic acids is 1. The fourth-order valence-electron chi connectivity index (χ4n) is 3.82. The third kappa shape index (κ3) is 3.72. The van der Waals surface area contributed by atoms with E-state index in [1.54, 1.807) is 6.07 Å². The largest absolute Gasteiger partial charge is 0.372 e. The quantitative estimate of drug-likeness (QED) is 0.700. The summed E-state index contributed by atoms with van der Waals surface area (Å²) in [5.74, 6) is -0.667. The molecule has 1 aliphatic heterocycles. The number of aryl methyl sites for hydroxylation is 1. The summed E-state index contributed by atoms with van der Waals surface area (Å²) in [6.45, 7) is 4.20. The van der Waals surface area contributed by atoms with Crippen molar-refractivity contribution in [3.05, 3.63) is 59.8 Å². The molecule has 2 aromatic heterocycles. The maximum absolute atomic E-state index is 13.7. The number of benzene rings is 1. The number of piperidine rings is 1. The number of nitrogens with one attached hydrogen (secondary N) is 1. The number of amides is 1. The van der Waals surface area contributed by atoms with E-state index < -0.39 is 5.82 Å². The van der Waals surface area contributed by atoms with Gasteiger partial charge < -0.3 is 10.2 Å². The predicted molar refractivity (Wildman–Crippen MR) is 110 cm³/mol. The molecule has 0 saturated carbocycles. The highest BCUT2D eigenvalue weighted by atomic mass is 19.1. The van der Waals surface area contributed by atoms with Gasteiger partial charge in [0.25, 0.3) is 5.91 Å². The number of imidazole rings is 1. The molecule has 0 bridgehead atoms. The number of hydrogen-bond donors (Lipinski definition) is 1. The minimum atomic E-state index is -0.395. The lowest BCUT2D eigenvalue weighted by atomic mass is 10.1. The standard InChI is InChI=1S/C22H25FN4O/c1-2-6-19-21(27-15-16(23)7-12-20(27)25-19)22(28)24-17-8-10-18(11-9-17)26-13-4-3-5-14-26/h7-12,15H,2-6,13-14H2,1H3,(H,24,28). The molecular weight excluding hydrogens is 355 g/mol. The first-order valence-electron chi connectivity index (χ1n) is 9.98. The van der Waals surface area contributed by atoms with E-state index in [-0.39, 0.29) is 5.91 Å². The van der Waals surface area contributed by atoms with Crippen LogP contribution in [-0.4, -0.2) is 28.4 Å². The first-order chi connectivity index (χ1) is 13.7. The number of pyridine rings is 1. The lowest BCUT2D eigenvalue weighted by Gasteiger charge is -2.28. The van der Waals surface area contributed by atoms with Crippen LogP contribution in [0.4, 0.5) is 15.8 Å². The van der Waals surface area contributed by atoms with Crippen molar-refractivity contribution >= 4 is 22.9 Å². The molecule has 4 rings (SSSR count). The number of carbonyl (C=O) groups is 1. The van der Waals surface area contributed by atoms with Crippen LogP contribution in [0.25, 0.3) is 5.65 Å². The minimum absolute atomic E-state index is 0.271. The van der Waals surface area contributed by atoms with E-state index in [4.69, 9.17) is 0 Å². The molecule has 0 spiro atoms. The number of halogens is 1. The Hall–Kier alpha value is -2.89. The smallest absolute Gasteiger partial charge is 0.274 e. The zero-order valence-corrected chi connectivity index (χ0v) is 16.1. The highest BCUT2D eigenvalue weighted by Gasteiger charge is 2.19. The van der Waals surface area contributed by atoms with Crippen LogP contribution in [0.2, 0.25) is 0 Å². The number of nitrogens with zero attached hydrogens (tertiary/aromatic N) is 3. The lowest BCUT2D eigenvalue weighted by Crippen LogP contribution is -2.29. The van der Waals surface area contributed by atoms with Crippen LogP contribution in [0, 0.1) is 5.82 Å². The van der Waals surface area contributed by atoms with Crippen molar-refractivity contribution in [3.63, 3.8) is 0 Å². The van der Waals surface area contributed by atoms with Gasteiger partial charge in [-0.25, -0.2) is 9.37 Å². The average Bonchev–Trinajstić information content (AvgIpc) is 3.06. The highest BCUT2D eigenvalue weighted by Crippen LogP contribution is 2.23. The summed E-state index contributed by atoms with van der Waals surface area (Å²) in [5, 5.41) is 2.94. The summed E-state index contributed by atoms with van der Waals surface area (Å²) >= 11 is 0. The van der Waals surface area contributed by atoms with Gasteiger partial charge in [-0.15, -0.1) is 0 Å². The Morgan fingerprint density at radius 1 is 1.11 bits per heavy atom. The average molecular weight is 380 g/mol. The monoisotopic (exact) mass is 380 g/mol. The normalized spacial score (nSPS) is 14.4. The fourth-order valence-corrected chi connectivity index (χ4v) is 3.82. The Bertz CT molecular complexity index is 974. The van der Waals surface area contributed by atoms with Crippen LogP contribution in [0.15, 0.2) is 42.6 Å². The molecule has 28 heavy (non-hydrogen) atoms. The van der Waals surface area contributed by atoms with Gasteiger partial charge in [-0.1, -0.05) is 13.3 Å². The second-order valence-corrected chi connectivity index (χ2v) is 7.28. The maximum atomic E-state index is 13.7. The van der Waals surface area contributed by atoms with Crippen molar-refractivity contribution < 1.29 is 9.18 Å². The second-order valence-electron chi connectivity index (χ2n) is 7.28. The summed E-state index contributed by atoms with van der Waals surface area (Å²) in [4.78, 5) is 19.9. The fraction of sp³-hybridized carbons (Fsp3) is 0.364. The molecule has 3 aromatic rings. The molecule has 1 aliphatic rings. The molecule has 3 heterocycles. The van der Waals surface area contributed by atoms with Crippen LogP contribution >= 0.6 is 0 Å². The van der Waals surface area contributed by atoms with E-state index in [0.717, 1.165) is 25.2 Å². The third-order valence-corrected chi connectivity index (χ3v) is 5.20. The number of aromatic nitrogens is 2. The van der Waals surface area contributed by atoms with Crippen LogP contribution in [0.1, 0.15) is 48.8 Å². The Labute approximate surface area is 164 Å². The highest BCUT2D eigenvalue weighted by molar-refractivity contribution is 6.04. The molecule has 0 unspecified atom stereocenters. The van der Waals surface area contributed by atoms with Gasteiger partial charge in [-0.05, 0) is 62.1 Å². The molecule has 1 aromatic carbocycles. The van der Waals surface area contributed by atoms with E-state index in [1.807, 2.05) is 31.2 Å². The number of anilines is 2. The molecule has 0 radical (unpaired) electrons. The van der Waals surface area contributed by atoms with Crippen molar-refractivity contribution in [2.45, 2.75) is 39.0 Å². The van der Waals surface area contributed by atoms with E-state index in [1.165, 1.54) is 41.6 Å². The molecule has 5 nitrogen and oxygen atoms in total. The van der Waals surface area contributed by atoms with Gasteiger partial charge in [0.1, 0.15) is 17.2 Å². The molecule has 1 N–H and O–H groups in total. The summed E-state index contributed by atoms with van der Waals surface area (Å²) < 4.78 is 15.3. The molecule has 1 amide bonds. The summed E-state index contributed by atoms with van der Waals surface area (Å²) in [7, 11) is 0. The Balaban J connectivity index is 1.57. The molecule has 146 valence electrons. The van der Waals surface area contributed by atoms with E-state index >= 15 is 0 Å². The van der Waals surface area contributed by atoms with Crippen molar-refractivity contribution in [2.24, 2.45) is 0 Å². The molecule has 1 saturated heterocycles. The van der Waals surface area contributed by atoms with Gasteiger partial charge in [-0.2, -0.15) is 0 Å². The van der Waals surface area contributed by atoms with Gasteiger partial charge in [0, 0.05) is 30.7 Å². The number of hydrogen-bond acceptors (Lipinski definition) is 3. The summed E-state index contributed by atoms with van der Waals surface area (Å²) in [6.07, 6.45) is 6.59. The first-order valence-corrected chi connectivity index (χ1v) is 9.98. The SMILES string of the molecule is CCCc1nc2ccc(F)cn2c1C(=O)Nc1ccc(N2CCCCC2)cc1. The van der Waals surface area contributed by atoms with Gasteiger partial charge in [0.15, 0.2) is 0 Å². The van der Waals surface area contributed by atoms with Crippen molar-refractivity contribution in [2.75, 3.05) is 23.3 Å². The van der Waals surface area contributed by atoms with E-state index in [2.05, 4.69) is 15.2 Å². The molecular formula is C22H25FN4O. The van der Waals surface area contributed by atoms with E-state index in [9.17, 15) is 9.18 Å². The third-order valence-electron chi connectivity index (χ3n) is 5.20.